The fourth-order valence-electron chi connectivity index (χ4n) is 2.56. The molecule has 23 heavy (non-hydrogen) atoms. The van der Waals surface area contributed by atoms with Crippen LogP contribution in [0.4, 0.5) is 5.69 Å². The molecule has 0 spiro atoms. The average molecular weight is 335 g/mol. The van der Waals surface area contributed by atoms with Crippen LogP contribution in [0.1, 0.15) is 0 Å². The predicted molar refractivity (Wildman–Crippen MR) is 88.9 cm³/mol. The van der Waals surface area contributed by atoms with Crippen molar-refractivity contribution in [2.24, 2.45) is 7.05 Å². The zero-order valence-corrected chi connectivity index (χ0v) is 13.7. The fourth-order valence-corrected chi connectivity index (χ4v) is 2.68. The summed E-state index contributed by atoms with van der Waals surface area (Å²) in [6.07, 6.45) is 3.58. The maximum atomic E-state index is 12.3. The number of halogens is 1. The molecule has 0 unspecified atom stereocenters. The number of rotatable bonds is 5. The number of benzene rings is 1. The van der Waals surface area contributed by atoms with E-state index in [9.17, 15) is 4.79 Å². The van der Waals surface area contributed by atoms with Crippen LogP contribution in [0.25, 0.3) is 0 Å². The van der Waals surface area contributed by atoms with Crippen LogP contribution in [0.2, 0.25) is 5.02 Å². The quantitative estimate of drug-likeness (QED) is 0.836. The van der Waals surface area contributed by atoms with Crippen molar-refractivity contribution >= 4 is 23.2 Å². The number of piperazine rings is 1. The molecule has 0 aliphatic carbocycles. The Morgan fingerprint density at radius 3 is 2.70 bits per heavy atom. The van der Waals surface area contributed by atoms with Gasteiger partial charge in [0.1, 0.15) is 12.4 Å². The van der Waals surface area contributed by atoms with E-state index < -0.39 is 0 Å². The standard InChI is InChI=1S/C16H19ClN4O2/c1-19-11-14(10-18-19)21-7-6-20(12-16(21)22)8-9-23-15-4-2-13(17)3-5-15/h2-5,10-11H,6-9,12H2,1H3. The van der Waals surface area contributed by atoms with Gasteiger partial charge in [-0.15, -0.1) is 0 Å². The van der Waals surface area contributed by atoms with Crippen molar-refractivity contribution in [1.82, 2.24) is 14.7 Å². The van der Waals surface area contributed by atoms with Crippen LogP contribution >= 0.6 is 11.6 Å². The molecular weight excluding hydrogens is 316 g/mol. The Hall–Kier alpha value is -2.05. The number of anilines is 1. The van der Waals surface area contributed by atoms with Crippen molar-refractivity contribution in [3.63, 3.8) is 0 Å². The lowest BCUT2D eigenvalue weighted by Gasteiger charge is -2.33. The van der Waals surface area contributed by atoms with Crippen molar-refractivity contribution in [1.29, 1.82) is 0 Å². The second-order valence-corrected chi connectivity index (χ2v) is 5.93. The van der Waals surface area contributed by atoms with Crippen LogP contribution < -0.4 is 9.64 Å². The second kappa shape index (κ2) is 7.02. The van der Waals surface area contributed by atoms with Crippen LogP contribution in [0.15, 0.2) is 36.7 Å². The van der Waals surface area contributed by atoms with Gasteiger partial charge in [0.05, 0.1) is 18.4 Å². The maximum Gasteiger partial charge on any atom is 0.241 e. The molecule has 0 saturated carbocycles. The monoisotopic (exact) mass is 334 g/mol. The first-order chi connectivity index (χ1) is 11.1. The van der Waals surface area contributed by atoms with E-state index in [0.29, 0.717) is 24.7 Å². The predicted octanol–water partition coefficient (Wildman–Crippen LogP) is 1.80. The third-order valence-corrected chi connectivity index (χ3v) is 4.04. The van der Waals surface area contributed by atoms with Gasteiger partial charge in [-0.1, -0.05) is 11.6 Å². The van der Waals surface area contributed by atoms with Gasteiger partial charge in [0, 0.05) is 37.9 Å². The van der Waals surface area contributed by atoms with E-state index in [1.54, 1.807) is 27.9 Å². The number of hydrogen-bond donors (Lipinski definition) is 0. The number of aromatic nitrogens is 2. The Bertz CT molecular complexity index is 671. The Labute approximate surface area is 140 Å². The van der Waals surface area contributed by atoms with Crippen LogP contribution in [0.3, 0.4) is 0 Å². The van der Waals surface area contributed by atoms with Crippen LogP contribution in [0, 0.1) is 0 Å². The highest BCUT2D eigenvalue weighted by Crippen LogP contribution is 2.17. The summed E-state index contributed by atoms with van der Waals surface area (Å²) in [6, 6.07) is 7.28. The van der Waals surface area contributed by atoms with Crippen LogP contribution in [0.5, 0.6) is 5.75 Å². The van der Waals surface area contributed by atoms with Gasteiger partial charge in [-0.2, -0.15) is 5.10 Å². The van der Waals surface area contributed by atoms with E-state index in [2.05, 4.69) is 10.00 Å². The lowest BCUT2D eigenvalue weighted by Crippen LogP contribution is -2.51. The zero-order valence-electron chi connectivity index (χ0n) is 13.0. The smallest absolute Gasteiger partial charge is 0.241 e. The molecule has 2 heterocycles. The molecule has 0 radical (unpaired) electrons. The zero-order chi connectivity index (χ0) is 16.2. The number of carbonyl (C=O) groups is 1. The molecule has 0 atom stereocenters. The minimum atomic E-state index is 0.0933. The van der Waals surface area contributed by atoms with Gasteiger partial charge in [-0.25, -0.2) is 0 Å². The molecule has 0 N–H and O–H groups in total. The summed E-state index contributed by atoms with van der Waals surface area (Å²) in [5.74, 6) is 0.880. The maximum absolute atomic E-state index is 12.3. The van der Waals surface area contributed by atoms with Gasteiger partial charge >= 0.3 is 0 Å². The number of aryl methyl sites for hydroxylation is 1. The lowest BCUT2D eigenvalue weighted by atomic mass is 10.3. The minimum Gasteiger partial charge on any atom is -0.492 e. The van der Waals surface area contributed by atoms with Gasteiger partial charge in [0.25, 0.3) is 0 Å². The van der Waals surface area contributed by atoms with Crippen LogP contribution in [-0.2, 0) is 11.8 Å². The Morgan fingerprint density at radius 1 is 1.26 bits per heavy atom. The summed E-state index contributed by atoms with van der Waals surface area (Å²) < 4.78 is 7.38. The largest absolute Gasteiger partial charge is 0.492 e. The molecule has 0 bridgehead atoms. The number of nitrogens with zero attached hydrogens (tertiary/aromatic N) is 4. The molecule has 122 valence electrons. The first-order valence-corrected chi connectivity index (χ1v) is 7.89. The summed E-state index contributed by atoms with van der Waals surface area (Å²) >= 11 is 5.84. The van der Waals surface area contributed by atoms with Crippen molar-refractivity contribution in [2.75, 3.05) is 37.7 Å². The Balaban J connectivity index is 1.46. The fraction of sp³-hybridized carbons (Fsp3) is 0.375. The first kappa shape index (κ1) is 15.8. The van der Waals surface area contributed by atoms with Gasteiger partial charge in [0.2, 0.25) is 5.91 Å². The van der Waals surface area contributed by atoms with E-state index in [1.807, 2.05) is 25.4 Å². The summed E-state index contributed by atoms with van der Waals surface area (Å²) in [5.41, 5.74) is 0.856. The summed E-state index contributed by atoms with van der Waals surface area (Å²) in [6.45, 7) is 3.16. The molecule has 7 heteroatoms. The molecule has 1 aliphatic rings. The number of amides is 1. The number of hydrogen-bond acceptors (Lipinski definition) is 4. The van der Waals surface area contributed by atoms with E-state index >= 15 is 0 Å². The highest BCUT2D eigenvalue weighted by atomic mass is 35.5. The molecule has 6 nitrogen and oxygen atoms in total. The normalized spacial score (nSPS) is 15.9. The topological polar surface area (TPSA) is 50.6 Å². The first-order valence-electron chi connectivity index (χ1n) is 7.51. The lowest BCUT2D eigenvalue weighted by molar-refractivity contribution is -0.121. The van der Waals surface area contributed by atoms with E-state index in [0.717, 1.165) is 24.5 Å². The van der Waals surface area contributed by atoms with Crippen molar-refractivity contribution in [3.8, 4) is 5.75 Å². The molecule has 3 rings (SSSR count). The van der Waals surface area contributed by atoms with Crippen molar-refractivity contribution in [3.05, 3.63) is 41.7 Å². The Kier molecular flexibility index (Phi) is 4.83. The molecule has 1 aromatic heterocycles. The van der Waals surface area contributed by atoms with Gasteiger partial charge in [-0.3, -0.25) is 14.4 Å². The van der Waals surface area contributed by atoms with Crippen LogP contribution in [-0.4, -0.2) is 53.4 Å². The molecule has 1 amide bonds. The summed E-state index contributed by atoms with van der Waals surface area (Å²) in [5, 5.41) is 4.80. The molecule has 1 saturated heterocycles. The van der Waals surface area contributed by atoms with Gasteiger partial charge in [-0.05, 0) is 24.3 Å². The summed E-state index contributed by atoms with van der Waals surface area (Å²) in [7, 11) is 1.85. The third-order valence-electron chi connectivity index (χ3n) is 3.79. The van der Waals surface area contributed by atoms with E-state index in [4.69, 9.17) is 16.3 Å². The highest BCUT2D eigenvalue weighted by Gasteiger charge is 2.25. The van der Waals surface area contributed by atoms with Crippen molar-refractivity contribution in [2.45, 2.75) is 0 Å². The van der Waals surface area contributed by atoms with E-state index in [1.165, 1.54) is 0 Å². The van der Waals surface area contributed by atoms with Gasteiger partial charge < -0.3 is 9.64 Å². The number of ether oxygens (including phenoxy) is 1. The SMILES string of the molecule is Cn1cc(N2CCN(CCOc3ccc(Cl)cc3)CC2=O)cn1. The summed E-state index contributed by atoms with van der Waals surface area (Å²) in [4.78, 5) is 16.2. The molecule has 2 aromatic rings. The molecule has 1 aliphatic heterocycles. The molecule has 1 aromatic carbocycles. The van der Waals surface area contributed by atoms with E-state index in [-0.39, 0.29) is 5.91 Å². The highest BCUT2D eigenvalue weighted by molar-refractivity contribution is 6.30. The third kappa shape index (κ3) is 4.03. The van der Waals surface area contributed by atoms with Crippen molar-refractivity contribution < 1.29 is 9.53 Å². The second-order valence-electron chi connectivity index (χ2n) is 5.50. The minimum absolute atomic E-state index is 0.0933. The molecule has 1 fully saturated rings. The van der Waals surface area contributed by atoms with Gasteiger partial charge in [0.15, 0.2) is 0 Å². The Morgan fingerprint density at radius 2 is 2.04 bits per heavy atom. The number of carbonyl (C=O) groups excluding carboxylic acids is 1. The molecular formula is C16H19ClN4O2. The average Bonchev–Trinajstić information content (AvgIpc) is 2.96.